The molecule has 0 aromatic heterocycles. The van der Waals surface area contributed by atoms with Crippen LogP contribution in [0.1, 0.15) is 18.9 Å². The summed E-state index contributed by atoms with van der Waals surface area (Å²) in [5, 5.41) is 4.36. The predicted octanol–water partition coefficient (Wildman–Crippen LogP) is 5.39. The van der Waals surface area contributed by atoms with Crippen molar-refractivity contribution in [2.24, 2.45) is 5.92 Å². The number of ether oxygens (including phenoxy) is 3. The maximum atomic E-state index is 13.2. The van der Waals surface area contributed by atoms with Crippen LogP contribution >= 0.6 is 0 Å². The van der Waals surface area contributed by atoms with Gasteiger partial charge in [0.2, 0.25) is 5.91 Å². The fraction of sp³-hybridized carbons (Fsp3) is 0.233. The van der Waals surface area contributed by atoms with E-state index >= 15 is 0 Å². The van der Waals surface area contributed by atoms with Gasteiger partial charge < -0.3 is 19.1 Å². The molecule has 0 saturated carbocycles. The molecule has 0 bridgehead atoms. The Kier molecular flexibility index (Phi) is 6.53. The Bertz CT molecular complexity index is 1470. The molecule has 0 radical (unpaired) electrons. The van der Waals surface area contributed by atoms with E-state index in [0.717, 1.165) is 32.7 Å². The summed E-state index contributed by atoms with van der Waals surface area (Å²) >= 11 is 0. The second-order valence-corrected chi connectivity index (χ2v) is 9.12. The molecule has 2 heterocycles. The number of nitrogens with zero attached hydrogens (tertiary/aromatic N) is 1. The molecule has 7 heteroatoms. The lowest BCUT2D eigenvalue weighted by Crippen LogP contribution is -2.62. The van der Waals surface area contributed by atoms with Gasteiger partial charge in [0.1, 0.15) is 25.0 Å². The standard InChI is InChI=1S/C30H27NO6/c1-4-14-35-29(33)27-24(17-25-26(28(32)31(25)27)18(3)37-30(34)36-15-5-2)21-13-12-20-11-10-19-8-6-7-9-22(19)23(20)16-21/h4-13,16,18,25-26H,1-2,14-15,17H2,3H3/t18-,25-,26-/m1/s1. The molecule has 3 aromatic carbocycles. The van der Waals surface area contributed by atoms with E-state index in [9.17, 15) is 14.4 Å². The highest BCUT2D eigenvalue weighted by molar-refractivity contribution is 6.10. The Morgan fingerprint density at radius 3 is 2.43 bits per heavy atom. The Labute approximate surface area is 214 Å². The van der Waals surface area contributed by atoms with Crippen LogP contribution in [0, 0.1) is 5.92 Å². The molecule has 7 nitrogen and oxygen atoms in total. The molecule has 5 rings (SSSR count). The van der Waals surface area contributed by atoms with Gasteiger partial charge in [-0.3, -0.25) is 4.79 Å². The van der Waals surface area contributed by atoms with E-state index in [1.54, 1.807) is 6.92 Å². The topological polar surface area (TPSA) is 82.1 Å². The van der Waals surface area contributed by atoms with Gasteiger partial charge >= 0.3 is 12.1 Å². The molecule has 2 aliphatic heterocycles. The van der Waals surface area contributed by atoms with Crippen molar-refractivity contribution in [3.8, 4) is 0 Å². The first-order valence-electron chi connectivity index (χ1n) is 12.1. The molecule has 37 heavy (non-hydrogen) atoms. The summed E-state index contributed by atoms with van der Waals surface area (Å²) in [6.07, 6.45) is 1.76. The molecule has 1 saturated heterocycles. The van der Waals surface area contributed by atoms with Crippen molar-refractivity contribution < 1.29 is 28.6 Å². The second-order valence-electron chi connectivity index (χ2n) is 9.12. The number of carbonyl (C=O) groups is 3. The van der Waals surface area contributed by atoms with E-state index in [2.05, 4.69) is 43.5 Å². The summed E-state index contributed by atoms with van der Waals surface area (Å²) in [6.45, 7) is 8.81. The molecule has 0 spiro atoms. The minimum absolute atomic E-state index is 0.0152. The molecule has 3 aromatic rings. The summed E-state index contributed by atoms with van der Waals surface area (Å²) in [6, 6.07) is 18.0. The first-order valence-corrected chi connectivity index (χ1v) is 12.1. The summed E-state index contributed by atoms with van der Waals surface area (Å²) in [7, 11) is 0. The van der Waals surface area contributed by atoms with Gasteiger partial charge in [0.15, 0.2) is 0 Å². The second kappa shape index (κ2) is 9.93. The number of benzene rings is 3. The highest BCUT2D eigenvalue weighted by Gasteiger charge is 2.58. The van der Waals surface area contributed by atoms with Gasteiger partial charge in [-0.25, -0.2) is 9.59 Å². The van der Waals surface area contributed by atoms with Crippen LogP contribution in [-0.2, 0) is 23.8 Å². The Morgan fingerprint density at radius 2 is 1.68 bits per heavy atom. The van der Waals surface area contributed by atoms with Crippen LogP contribution in [0.4, 0.5) is 4.79 Å². The Morgan fingerprint density at radius 1 is 1.00 bits per heavy atom. The van der Waals surface area contributed by atoms with E-state index in [1.807, 2.05) is 24.3 Å². The number of hydrogen-bond acceptors (Lipinski definition) is 6. The smallest absolute Gasteiger partial charge is 0.457 e. The van der Waals surface area contributed by atoms with Crippen LogP contribution in [-0.4, -0.2) is 48.3 Å². The van der Waals surface area contributed by atoms with Gasteiger partial charge in [0, 0.05) is 0 Å². The van der Waals surface area contributed by atoms with Crippen LogP contribution in [0.5, 0.6) is 0 Å². The SMILES string of the molecule is C=CCOC(=O)O[C@H](C)[C@H]1C(=O)N2C(C(=O)OCC=C)=C(c3ccc4ccc5ccccc5c4c3)C[C@H]12. The fourth-order valence-electron chi connectivity index (χ4n) is 5.28. The van der Waals surface area contributed by atoms with Crippen molar-refractivity contribution in [2.45, 2.75) is 25.5 Å². The van der Waals surface area contributed by atoms with E-state index in [0.29, 0.717) is 6.42 Å². The zero-order valence-electron chi connectivity index (χ0n) is 20.5. The number of hydrogen-bond donors (Lipinski definition) is 0. The van der Waals surface area contributed by atoms with Crippen LogP contribution in [0.15, 0.2) is 85.6 Å². The third-order valence-corrected chi connectivity index (χ3v) is 6.94. The maximum absolute atomic E-state index is 13.2. The lowest BCUT2D eigenvalue weighted by Gasteiger charge is -2.45. The monoisotopic (exact) mass is 497 g/mol. The van der Waals surface area contributed by atoms with Crippen molar-refractivity contribution in [1.82, 2.24) is 4.90 Å². The highest BCUT2D eigenvalue weighted by atomic mass is 16.7. The van der Waals surface area contributed by atoms with Gasteiger partial charge in [-0.15, -0.1) is 0 Å². The van der Waals surface area contributed by atoms with E-state index in [4.69, 9.17) is 14.2 Å². The molecular formula is C30H27NO6. The molecule has 2 aliphatic rings. The molecule has 1 amide bonds. The van der Waals surface area contributed by atoms with Crippen molar-refractivity contribution in [1.29, 1.82) is 0 Å². The van der Waals surface area contributed by atoms with Crippen molar-refractivity contribution in [2.75, 3.05) is 13.2 Å². The molecule has 1 fully saturated rings. The normalized spacial score (nSPS) is 19.3. The van der Waals surface area contributed by atoms with Gasteiger partial charge in [-0.05, 0) is 52.1 Å². The molecule has 0 aliphatic carbocycles. The van der Waals surface area contributed by atoms with Crippen molar-refractivity contribution >= 4 is 45.1 Å². The molecule has 0 N–H and O–H groups in total. The largest absolute Gasteiger partial charge is 0.508 e. The first kappa shape index (κ1) is 24.3. The number of carbonyl (C=O) groups excluding carboxylic acids is 3. The molecular weight excluding hydrogens is 470 g/mol. The Balaban J connectivity index is 1.51. The number of esters is 1. The predicted molar refractivity (Wildman–Crippen MR) is 140 cm³/mol. The first-order chi connectivity index (χ1) is 17.9. The summed E-state index contributed by atoms with van der Waals surface area (Å²) < 4.78 is 15.6. The van der Waals surface area contributed by atoms with Crippen LogP contribution < -0.4 is 0 Å². The number of β-lactam (4-membered cyclic amide) rings is 1. The van der Waals surface area contributed by atoms with Gasteiger partial charge in [0.25, 0.3) is 0 Å². The highest BCUT2D eigenvalue weighted by Crippen LogP contribution is 2.48. The summed E-state index contributed by atoms with van der Waals surface area (Å²) in [5.74, 6) is -1.47. The minimum Gasteiger partial charge on any atom is -0.457 e. The minimum atomic E-state index is -0.864. The fourth-order valence-corrected chi connectivity index (χ4v) is 5.28. The van der Waals surface area contributed by atoms with Crippen molar-refractivity contribution in [3.63, 3.8) is 0 Å². The maximum Gasteiger partial charge on any atom is 0.508 e. The summed E-state index contributed by atoms with van der Waals surface area (Å²) in [4.78, 5) is 39.8. The number of rotatable bonds is 8. The van der Waals surface area contributed by atoms with E-state index in [1.165, 1.54) is 17.1 Å². The number of fused-ring (bicyclic) bond motifs is 4. The lowest BCUT2D eigenvalue weighted by atomic mass is 9.82. The van der Waals surface area contributed by atoms with Gasteiger partial charge in [-0.2, -0.15) is 0 Å². The lowest BCUT2D eigenvalue weighted by molar-refractivity contribution is -0.162. The van der Waals surface area contributed by atoms with Crippen LogP contribution in [0.3, 0.4) is 0 Å². The summed E-state index contributed by atoms with van der Waals surface area (Å²) in [5.41, 5.74) is 1.80. The third kappa shape index (κ3) is 4.27. The average Bonchev–Trinajstić information content (AvgIpc) is 3.25. The zero-order valence-corrected chi connectivity index (χ0v) is 20.5. The third-order valence-electron chi connectivity index (χ3n) is 6.94. The van der Waals surface area contributed by atoms with Gasteiger partial charge in [0.05, 0.1) is 12.0 Å². The number of amides is 1. The van der Waals surface area contributed by atoms with Crippen LogP contribution in [0.25, 0.3) is 27.1 Å². The molecule has 188 valence electrons. The van der Waals surface area contributed by atoms with E-state index in [-0.39, 0.29) is 30.9 Å². The average molecular weight is 498 g/mol. The van der Waals surface area contributed by atoms with E-state index < -0.39 is 24.1 Å². The zero-order chi connectivity index (χ0) is 26.1. The van der Waals surface area contributed by atoms with Crippen LogP contribution in [0.2, 0.25) is 0 Å². The molecule has 3 atom stereocenters. The molecule has 0 unspecified atom stereocenters. The quantitative estimate of drug-likeness (QED) is 0.180. The Hall–Kier alpha value is -4.39. The van der Waals surface area contributed by atoms with Crippen molar-refractivity contribution in [3.05, 3.63) is 91.2 Å². The van der Waals surface area contributed by atoms with Gasteiger partial charge in [-0.1, -0.05) is 73.8 Å².